The van der Waals surface area contributed by atoms with Gasteiger partial charge in [0.25, 0.3) is 0 Å². The van der Waals surface area contributed by atoms with Crippen LogP contribution in [0.2, 0.25) is 0 Å². The molecule has 128 valence electrons. The average molecular weight is 334 g/mol. The van der Waals surface area contributed by atoms with Crippen molar-refractivity contribution in [3.63, 3.8) is 0 Å². The summed E-state index contributed by atoms with van der Waals surface area (Å²) in [7, 11) is 2.26. The van der Waals surface area contributed by atoms with Crippen LogP contribution in [0.15, 0.2) is 18.2 Å². The molecule has 1 aromatic carbocycles. The number of likely N-dealkylation sites (tertiary alicyclic amines) is 1. The number of nitrogens with zero attached hydrogens (tertiary/aromatic N) is 2. The third-order valence-electron chi connectivity index (χ3n) is 5.09. The summed E-state index contributed by atoms with van der Waals surface area (Å²) >= 11 is 5.62. The Hall–Kier alpha value is -1.13. The van der Waals surface area contributed by atoms with Crippen LogP contribution in [0.3, 0.4) is 0 Å². The van der Waals surface area contributed by atoms with Crippen molar-refractivity contribution >= 4 is 23.0 Å². The Balaban J connectivity index is 1.88. The lowest BCUT2D eigenvalue weighted by atomic mass is 10.0. The van der Waals surface area contributed by atoms with Gasteiger partial charge < -0.3 is 15.1 Å². The summed E-state index contributed by atoms with van der Waals surface area (Å²) in [6.07, 6.45) is 3.59. The van der Waals surface area contributed by atoms with Crippen LogP contribution in [0.25, 0.3) is 0 Å². The van der Waals surface area contributed by atoms with E-state index in [0.29, 0.717) is 12.1 Å². The van der Waals surface area contributed by atoms with Gasteiger partial charge >= 0.3 is 0 Å². The number of piperidine rings is 1. The molecule has 1 atom stereocenters. The summed E-state index contributed by atoms with van der Waals surface area (Å²) in [6.45, 7) is 10.9. The minimum Gasteiger partial charge on any atom is -0.349 e. The molecule has 1 N–H and O–H groups in total. The first kappa shape index (κ1) is 18.2. The Morgan fingerprint density at radius 3 is 2.35 bits per heavy atom. The van der Waals surface area contributed by atoms with Gasteiger partial charge in [-0.15, -0.1) is 0 Å². The normalized spacial score (nSPS) is 17.4. The molecule has 1 aliphatic heterocycles. The first-order valence-corrected chi connectivity index (χ1v) is 9.17. The van der Waals surface area contributed by atoms with Crippen LogP contribution < -0.4 is 5.32 Å². The zero-order valence-electron chi connectivity index (χ0n) is 15.2. The molecule has 23 heavy (non-hydrogen) atoms. The number of hydrogen-bond acceptors (Lipinski definition) is 2. The standard InChI is InChI=1S/C19H31N3S/c1-6-16(4)21(5)18-7-9-22(10-8-18)19(23)20-17-12-14(2)11-15(3)13-17/h11-13,16,18H,6-10H2,1-5H3,(H,20,23)/t16-/m0/s1. The first-order chi connectivity index (χ1) is 10.9. The molecule has 1 heterocycles. The number of rotatable bonds is 4. The Bertz CT molecular complexity index is 515. The molecule has 0 saturated carbocycles. The predicted molar refractivity (Wildman–Crippen MR) is 104 cm³/mol. The fourth-order valence-electron chi connectivity index (χ4n) is 3.37. The summed E-state index contributed by atoms with van der Waals surface area (Å²) in [5.74, 6) is 0. The summed E-state index contributed by atoms with van der Waals surface area (Å²) in [6, 6.07) is 7.84. The lowest BCUT2D eigenvalue weighted by Gasteiger charge is -2.40. The van der Waals surface area contributed by atoms with Crippen molar-refractivity contribution in [1.82, 2.24) is 9.80 Å². The minimum atomic E-state index is 0.659. The number of nitrogens with one attached hydrogen (secondary N) is 1. The van der Waals surface area contributed by atoms with Crippen molar-refractivity contribution in [2.24, 2.45) is 0 Å². The average Bonchev–Trinajstić information content (AvgIpc) is 2.52. The monoisotopic (exact) mass is 333 g/mol. The van der Waals surface area contributed by atoms with Gasteiger partial charge in [-0.3, -0.25) is 0 Å². The Labute approximate surface area is 147 Å². The second kappa shape index (κ2) is 8.11. The topological polar surface area (TPSA) is 18.5 Å². The van der Waals surface area contributed by atoms with E-state index in [1.165, 1.54) is 30.4 Å². The second-order valence-corrected chi connectivity index (χ2v) is 7.33. The highest BCUT2D eigenvalue weighted by Gasteiger charge is 2.25. The molecule has 0 spiro atoms. The van der Waals surface area contributed by atoms with Gasteiger partial charge in [-0.2, -0.15) is 0 Å². The molecule has 1 fully saturated rings. The third kappa shape index (κ3) is 4.92. The Morgan fingerprint density at radius 2 is 1.83 bits per heavy atom. The van der Waals surface area contributed by atoms with Gasteiger partial charge in [-0.05, 0) is 82.6 Å². The number of aryl methyl sites for hydroxylation is 2. The molecule has 3 nitrogen and oxygen atoms in total. The molecule has 4 heteroatoms. The van der Waals surface area contributed by atoms with Crippen molar-refractivity contribution in [3.8, 4) is 0 Å². The quantitative estimate of drug-likeness (QED) is 0.832. The second-order valence-electron chi connectivity index (χ2n) is 6.95. The molecule has 1 aromatic rings. The molecule has 2 rings (SSSR count). The fourth-order valence-corrected chi connectivity index (χ4v) is 3.67. The smallest absolute Gasteiger partial charge is 0.173 e. The third-order valence-corrected chi connectivity index (χ3v) is 5.45. The maximum Gasteiger partial charge on any atom is 0.173 e. The molecule has 0 unspecified atom stereocenters. The van der Waals surface area contributed by atoms with Gasteiger partial charge in [0.05, 0.1) is 0 Å². The van der Waals surface area contributed by atoms with E-state index in [4.69, 9.17) is 12.2 Å². The van der Waals surface area contributed by atoms with Crippen molar-refractivity contribution in [1.29, 1.82) is 0 Å². The summed E-state index contributed by atoms with van der Waals surface area (Å²) in [4.78, 5) is 4.85. The molecular formula is C19H31N3S. The van der Waals surface area contributed by atoms with E-state index in [2.05, 4.69) is 68.1 Å². The summed E-state index contributed by atoms with van der Waals surface area (Å²) in [5, 5.41) is 4.28. The zero-order valence-corrected chi connectivity index (χ0v) is 16.0. The van der Waals surface area contributed by atoms with Gasteiger partial charge in [0.15, 0.2) is 5.11 Å². The number of thiocarbonyl (C=S) groups is 1. The number of benzene rings is 1. The minimum absolute atomic E-state index is 0.659. The molecule has 0 aliphatic carbocycles. The lowest BCUT2D eigenvalue weighted by Crippen LogP contribution is -2.48. The molecule has 0 radical (unpaired) electrons. The maximum atomic E-state index is 5.62. The SMILES string of the molecule is CC[C@H](C)N(C)C1CCN(C(=S)Nc2cc(C)cc(C)c2)CC1. The van der Waals surface area contributed by atoms with E-state index in [-0.39, 0.29) is 0 Å². The van der Waals surface area contributed by atoms with E-state index >= 15 is 0 Å². The van der Waals surface area contributed by atoms with E-state index in [1.54, 1.807) is 0 Å². The molecular weight excluding hydrogens is 302 g/mol. The van der Waals surface area contributed by atoms with E-state index in [9.17, 15) is 0 Å². The van der Waals surface area contributed by atoms with Crippen LogP contribution in [-0.4, -0.2) is 47.1 Å². The Morgan fingerprint density at radius 1 is 1.26 bits per heavy atom. The van der Waals surface area contributed by atoms with Crippen LogP contribution in [0.4, 0.5) is 5.69 Å². The van der Waals surface area contributed by atoms with Gasteiger partial charge in [0.2, 0.25) is 0 Å². The largest absolute Gasteiger partial charge is 0.349 e. The molecule has 0 aromatic heterocycles. The van der Waals surface area contributed by atoms with Crippen molar-refractivity contribution < 1.29 is 0 Å². The van der Waals surface area contributed by atoms with E-state index in [1.807, 2.05) is 0 Å². The molecule has 0 amide bonds. The van der Waals surface area contributed by atoms with Crippen LogP contribution in [0.1, 0.15) is 44.2 Å². The van der Waals surface area contributed by atoms with Crippen molar-refractivity contribution in [2.45, 2.75) is 59.0 Å². The summed E-state index contributed by atoms with van der Waals surface area (Å²) < 4.78 is 0. The van der Waals surface area contributed by atoms with Crippen LogP contribution in [0.5, 0.6) is 0 Å². The van der Waals surface area contributed by atoms with E-state index in [0.717, 1.165) is 23.9 Å². The van der Waals surface area contributed by atoms with Crippen molar-refractivity contribution in [2.75, 3.05) is 25.5 Å². The fraction of sp³-hybridized carbons (Fsp3) is 0.632. The van der Waals surface area contributed by atoms with Crippen LogP contribution in [0, 0.1) is 13.8 Å². The Kier molecular flexibility index (Phi) is 6.42. The molecule has 0 bridgehead atoms. The highest BCUT2D eigenvalue weighted by atomic mass is 32.1. The highest BCUT2D eigenvalue weighted by Crippen LogP contribution is 2.20. The van der Waals surface area contributed by atoms with Crippen LogP contribution in [-0.2, 0) is 0 Å². The first-order valence-electron chi connectivity index (χ1n) is 8.77. The van der Waals surface area contributed by atoms with Crippen LogP contribution >= 0.6 is 12.2 Å². The highest BCUT2D eigenvalue weighted by molar-refractivity contribution is 7.80. The maximum absolute atomic E-state index is 5.62. The summed E-state index contributed by atoms with van der Waals surface area (Å²) in [5.41, 5.74) is 3.64. The van der Waals surface area contributed by atoms with Gasteiger partial charge in [0, 0.05) is 30.9 Å². The molecule has 1 saturated heterocycles. The number of hydrogen-bond donors (Lipinski definition) is 1. The number of anilines is 1. The molecule has 1 aliphatic rings. The van der Waals surface area contributed by atoms with Crippen molar-refractivity contribution in [3.05, 3.63) is 29.3 Å². The zero-order chi connectivity index (χ0) is 17.0. The lowest BCUT2D eigenvalue weighted by molar-refractivity contribution is 0.126. The van der Waals surface area contributed by atoms with Gasteiger partial charge in [-0.25, -0.2) is 0 Å². The van der Waals surface area contributed by atoms with Gasteiger partial charge in [0.1, 0.15) is 0 Å². The van der Waals surface area contributed by atoms with Gasteiger partial charge in [-0.1, -0.05) is 13.0 Å². The van der Waals surface area contributed by atoms with E-state index < -0.39 is 0 Å². The predicted octanol–water partition coefficient (Wildman–Crippen LogP) is 4.19.